The SMILES string of the molecule is N=C(N=NN)c1ccc(OC(F)(F)F)cc1. The molecule has 0 saturated carbocycles. The van der Waals surface area contributed by atoms with E-state index in [-0.39, 0.29) is 17.1 Å². The second kappa shape index (κ2) is 4.60. The van der Waals surface area contributed by atoms with Crippen molar-refractivity contribution in [3.8, 4) is 5.75 Å². The average Bonchev–Trinajstić information content (AvgIpc) is 2.16. The van der Waals surface area contributed by atoms with Crippen LogP contribution in [-0.2, 0) is 0 Å². The van der Waals surface area contributed by atoms with Gasteiger partial charge < -0.3 is 10.6 Å². The number of rotatable bonds is 2. The molecule has 16 heavy (non-hydrogen) atoms. The number of nitrogens with one attached hydrogen (secondary N) is 1. The molecule has 1 rings (SSSR count). The zero-order valence-electron chi connectivity index (χ0n) is 7.82. The van der Waals surface area contributed by atoms with E-state index in [1.807, 2.05) is 0 Å². The number of ether oxygens (including phenoxy) is 1. The molecule has 0 radical (unpaired) electrons. The first-order valence-electron chi connectivity index (χ1n) is 3.98. The van der Waals surface area contributed by atoms with Crippen LogP contribution in [0.5, 0.6) is 5.75 Å². The van der Waals surface area contributed by atoms with Gasteiger partial charge in [-0.05, 0) is 24.3 Å². The molecular formula is C8H7F3N4O. The molecule has 0 aliphatic heterocycles. The number of nitrogens with zero attached hydrogens (tertiary/aromatic N) is 2. The summed E-state index contributed by atoms with van der Waals surface area (Å²) < 4.78 is 39.1. The monoisotopic (exact) mass is 232 g/mol. The minimum atomic E-state index is -4.73. The molecule has 0 spiro atoms. The van der Waals surface area contributed by atoms with Gasteiger partial charge in [-0.2, -0.15) is 0 Å². The number of alkyl halides is 3. The molecule has 0 fully saturated rings. The first-order valence-corrected chi connectivity index (χ1v) is 3.98. The van der Waals surface area contributed by atoms with Crippen molar-refractivity contribution in [1.82, 2.24) is 0 Å². The van der Waals surface area contributed by atoms with E-state index in [1.165, 1.54) is 12.1 Å². The van der Waals surface area contributed by atoms with Gasteiger partial charge >= 0.3 is 6.36 Å². The second-order valence-electron chi connectivity index (χ2n) is 2.64. The van der Waals surface area contributed by atoms with Crippen molar-refractivity contribution in [2.75, 3.05) is 0 Å². The Hall–Kier alpha value is -2.12. The van der Waals surface area contributed by atoms with Crippen LogP contribution in [0.2, 0.25) is 0 Å². The van der Waals surface area contributed by atoms with Crippen LogP contribution >= 0.6 is 0 Å². The lowest BCUT2D eigenvalue weighted by Crippen LogP contribution is -2.17. The topological polar surface area (TPSA) is 83.8 Å². The molecule has 3 N–H and O–H groups in total. The van der Waals surface area contributed by atoms with E-state index < -0.39 is 6.36 Å². The molecule has 0 aliphatic carbocycles. The maximum atomic E-state index is 11.8. The predicted molar refractivity (Wildman–Crippen MR) is 49.0 cm³/mol. The Morgan fingerprint density at radius 3 is 2.25 bits per heavy atom. The smallest absolute Gasteiger partial charge is 0.406 e. The maximum absolute atomic E-state index is 11.8. The molecule has 0 amide bonds. The lowest BCUT2D eigenvalue weighted by Gasteiger charge is -2.08. The van der Waals surface area contributed by atoms with Crippen molar-refractivity contribution in [3.05, 3.63) is 29.8 Å². The fourth-order valence-electron chi connectivity index (χ4n) is 0.930. The summed E-state index contributed by atoms with van der Waals surface area (Å²) in [6.07, 6.45) is -4.73. The van der Waals surface area contributed by atoms with Gasteiger partial charge in [0, 0.05) is 5.56 Å². The van der Waals surface area contributed by atoms with Gasteiger partial charge in [0.15, 0.2) is 5.84 Å². The largest absolute Gasteiger partial charge is 0.573 e. The summed E-state index contributed by atoms with van der Waals surface area (Å²) in [5.74, 6) is 4.11. The van der Waals surface area contributed by atoms with Gasteiger partial charge in [-0.15, -0.1) is 18.3 Å². The van der Waals surface area contributed by atoms with Gasteiger partial charge in [-0.25, -0.2) is 0 Å². The number of hydrogen-bond acceptors (Lipinski definition) is 3. The van der Waals surface area contributed by atoms with E-state index in [1.54, 1.807) is 0 Å². The summed E-state index contributed by atoms with van der Waals surface area (Å²) in [5, 5.41) is 13.4. The minimum absolute atomic E-state index is 0.249. The molecule has 86 valence electrons. The van der Waals surface area contributed by atoms with Crippen LogP contribution in [0, 0.1) is 5.41 Å². The van der Waals surface area contributed by atoms with E-state index in [0.29, 0.717) is 0 Å². The second-order valence-corrected chi connectivity index (χ2v) is 2.64. The third-order valence-electron chi connectivity index (χ3n) is 1.52. The first-order chi connectivity index (χ1) is 7.42. The Bertz CT molecular complexity index is 399. The molecule has 0 heterocycles. The number of amidine groups is 1. The zero-order valence-corrected chi connectivity index (χ0v) is 7.82. The van der Waals surface area contributed by atoms with Gasteiger partial charge in [-0.1, -0.05) is 5.22 Å². The fourth-order valence-corrected chi connectivity index (χ4v) is 0.930. The van der Waals surface area contributed by atoms with Gasteiger partial charge in [0.05, 0.1) is 0 Å². The van der Waals surface area contributed by atoms with Crippen LogP contribution in [0.25, 0.3) is 0 Å². The molecule has 0 saturated heterocycles. The standard InChI is InChI=1S/C8H7F3N4O/c9-8(10,11)16-6-3-1-5(2-4-6)7(12)14-15-13/h1-4H,(H3,12,13,14). The van der Waals surface area contributed by atoms with Crippen molar-refractivity contribution in [3.63, 3.8) is 0 Å². The zero-order chi connectivity index (χ0) is 12.2. The van der Waals surface area contributed by atoms with E-state index in [0.717, 1.165) is 12.1 Å². The third-order valence-corrected chi connectivity index (χ3v) is 1.52. The van der Waals surface area contributed by atoms with Gasteiger partial charge in [0.25, 0.3) is 0 Å². The van der Waals surface area contributed by atoms with E-state index >= 15 is 0 Å². The molecule has 0 bridgehead atoms. The highest BCUT2D eigenvalue weighted by Gasteiger charge is 2.30. The molecule has 0 atom stereocenters. The highest BCUT2D eigenvalue weighted by molar-refractivity contribution is 5.96. The quantitative estimate of drug-likeness (QED) is 0.269. The number of hydrogen-bond donors (Lipinski definition) is 2. The van der Waals surface area contributed by atoms with Crippen molar-refractivity contribution < 1.29 is 17.9 Å². The molecule has 1 aromatic carbocycles. The van der Waals surface area contributed by atoms with Gasteiger partial charge in [0.1, 0.15) is 5.75 Å². The fraction of sp³-hybridized carbons (Fsp3) is 0.125. The van der Waals surface area contributed by atoms with Crippen LogP contribution in [0.4, 0.5) is 13.2 Å². The summed E-state index contributed by atoms with van der Waals surface area (Å²) in [5.41, 5.74) is 0.281. The van der Waals surface area contributed by atoms with E-state index in [2.05, 4.69) is 15.1 Å². The number of halogens is 3. The number of benzene rings is 1. The Balaban J connectivity index is 2.79. The van der Waals surface area contributed by atoms with Gasteiger partial charge in [-0.3, -0.25) is 5.41 Å². The highest BCUT2D eigenvalue weighted by atomic mass is 19.4. The minimum Gasteiger partial charge on any atom is -0.406 e. The summed E-state index contributed by atoms with van der Waals surface area (Å²) in [6, 6.07) is 4.64. The van der Waals surface area contributed by atoms with Crippen molar-refractivity contribution in [2.45, 2.75) is 6.36 Å². The molecule has 0 unspecified atom stereocenters. The highest BCUT2D eigenvalue weighted by Crippen LogP contribution is 2.22. The van der Waals surface area contributed by atoms with Crippen LogP contribution in [0.3, 0.4) is 0 Å². The molecule has 1 aromatic rings. The third kappa shape index (κ3) is 3.56. The molecule has 0 aromatic heterocycles. The van der Waals surface area contributed by atoms with Crippen LogP contribution in [-0.4, -0.2) is 12.2 Å². The van der Waals surface area contributed by atoms with Crippen LogP contribution in [0.1, 0.15) is 5.56 Å². The Morgan fingerprint density at radius 2 is 1.81 bits per heavy atom. The summed E-state index contributed by atoms with van der Waals surface area (Å²) in [6.45, 7) is 0. The Morgan fingerprint density at radius 1 is 1.25 bits per heavy atom. The molecule has 5 nitrogen and oxygen atoms in total. The van der Waals surface area contributed by atoms with Crippen molar-refractivity contribution >= 4 is 5.84 Å². The average molecular weight is 232 g/mol. The summed E-state index contributed by atoms with van der Waals surface area (Å²) >= 11 is 0. The summed E-state index contributed by atoms with van der Waals surface area (Å²) in [7, 11) is 0. The van der Waals surface area contributed by atoms with E-state index in [4.69, 9.17) is 11.3 Å². The van der Waals surface area contributed by atoms with Gasteiger partial charge in [0.2, 0.25) is 0 Å². The lowest BCUT2D eigenvalue weighted by atomic mass is 10.2. The van der Waals surface area contributed by atoms with E-state index in [9.17, 15) is 13.2 Å². The first kappa shape index (κ1) is 12.0. The molecular weight excluding hydrogens is 225 g/mol. The van der Waals surface area contributed by atoms with Crippen LogP contribution < -0.4 is 10.6 Å². The van der Waals surface area contributed by atoms with Crippen molar-refractivity contribution in [2.24, 2.45) is 16.2 Å². The Labute approximate surface area is 88.2 Å². The number of nitrogens with two attached hydrogens (primary N) is 1. The van der Waals surface area contributed by atoms with Crippen LogP contribution in [0.15, 0.2) is 34.6 Å². The predicted octanol–water partition coefficient (Wildman–Crippen LogP) is 2.24. The normalized spacial score (nSPS) is 11.7. The summed E-state index contributed by atoms with van der Waals surface area (Å²) in [4.78, 5) is 0. The molecule has 0 aliphatic rings. The lowest BCUT2D eigenvalue weighted by molar-refractivity contribution is -0.274. The maximum Gasteiger partial charge on any atom is 0.573 e. The molecule has 8 heteroatoms. The van der Waals surface area contributed by atoms with Crippen molar-refractivity contribution in [1.29, 1.82) is 5.41 Å². The Kier molecular flexibility index (Phi) is 3.44.